The van der Waals surface area contributed by atoms with Crippen LogP contribution < -0.4 is 16.4 Å². The molecule has 0 saturated carbocycles. The summed E-state index contributed by atoms with van der Waals surface area (Å²) in [6.45, 7) is 2.46. The highest BCUT2D eigenvalue weighted by Crippen LogP contribution is 2.19. The van der Waals surface area contributed by atoms with E-state index in [-0.39, 0.29) is 35.8 Å². The van der Waals surface area contributed by atoms with Crippen LogP contribution in [0, 0.1) is 5.92 Å². The molecule has 0 radical (unpaired) electrons. The summed E-state index contributed by atoms with van der Waals surface area (Å²) < 4.78 is 0. The number of benzene rings is 1. The molecule has 8 heteroatoms. The second-order valence-electron chi connectivity index (χ2n) is 6.63. The third-order valence-electron chi connectivity index (χ3n) is 4.63. The number of rotatable bonds is 6. The topological polar surface area (TPSA) is 99.8 Å². The normalized spacial score (nSPS) is 17.0. The zero-order valence-corrected chi connectivity index (χ0v) is 18.4. The molecule has 0 aliphatic carbocycles. The highest BCUT2D eigenvalue weighted by atomic mass is 127. The third-order valence-corrected chi connectivity index (χ3v) is 4.63. The molecule has 2 amide bonds. The van der Waals surface area contributed by atoms with Gasteiger partial charge in [0.05, 0.1) is 0 Å². The predicted octanol–water partition coefficient (Wildman–Crippen LogP) is 1.37. The lowest BCUT2D eigenvalue weighted by atomic mass is 9.95. The smallest absolute Gasteiger partial charge is 0.251 e. The van der Waals surface area contributed by atoms with E-state index in [0.29, 0.717) is 17.9 Å². The van der Waals surface area contributed by atoms with Gasteiger partial charge in [0.15, 0.2) is 5.96 Å². The van der Waals surface area contributed by atoms with Gasteiger partial charge in [-0.1, -0.05) is 12.1 Å². The number of hydrogen-bond acceptors (Lipinski definition) is 3. The lowest BCUT2D eigenvalue weighted by molar-refractivity contribution is -0.119. The maximum atomic E-state index is 11.7. The molecule has 1 aromatic rings. The van der Waals surface area contributed by atoms with E-state index in [1.807, 2.05) is 18.2 Å². The molecular weight excluding hydrogens is 457 g/mol. The second-order valence-corrected chi connectivity index (χ2v) is 6.63. The van der Waals surface area contributed by atoms with E-state index in [9.17, 15) is 9.59 Å². The number of nitrogens with two attached hydrogens (primary N) is 1. The van der Waals surface area contributed by atoms with Crippen molar-refractivity contribution in [3.63, 3.8) is 0 Å². The molecule has 1 aromatic carbocycles. The Morgan fingerprint density at radius 2 is 2.15 bits per heavy atom. The van der Waals surface area contributed by atoms with Crippen LogP contribution in [-0.4, -0.2) is 56.4 Å². The fourth-order valence-corrected chi connectivity index (χ4v) is 3.37. The maximum Gasteiger partial charge on any atom is 0.251 e. The lowest BCUT2D eigenvalue weighted by Crippen LogP contribution is -2.47. The van der Waals surface area contributed by atoms with Gasteiger partial charge < -0.3 is 21.3 Å². The Balaban J connectivity index is 0.00000364. The maximum absolute atomic E-state index is 11.7. The summed E-state index contributed by atoms with van der Waals surface area (Å²) in [5.41, 5.74) is 7.10. The molecular formula is C19H30IN5O2. The number of aliphatic imine (C=N–C) groups is 1. The van der Waals surface area contributed by atoms with Crippen molar-refractivity contribution in [3.05, 3.63) is 35.4 Å². The third kappa shape index (κ3) is 7.36. The molecule has 1 fully saturated rings. The summed E-state index contributed by atoms with van der Waals surface area (Å²) in [4.78, 5) is 29.5. The Morgan fingerprint density at radius 1 is 1.37 bits per heavy atom. The number of hydrogen-bond donors (Lipinski definition) is 3. The van der Waals surface area contributed by atoms with Gasteiger partial charge in [-0.15, -0.1) is 24.0 Å². The van der Waals surface area contributed by atoms with Crippen molar-refractivity contribution in [2.75, 3.05) is 33.7 Å². The zero-order chi connectivity index (χ0) is 18.9. The number of piperidine rings is 1. The van der Waals surface area contributed by atoms with Crippen LogP contribution >= 0.6 is 24.0 Å². The first-order valence-electron chi connectivity index (χ1n) is 9.08. The number of primary amides is 1. The van der Waals surface area contributed by atoms with Crippen LogP contribution in [0.1, 0.15) is 35.2 Å². The molecule has 1 atom stereocenters. The lowest BCUT2D eigenvalue weighted by Gasteiger charge is -2.34. The van der Waals surface area contributed by atoms with E-state index < -0.39 is 0 Å². The monoisotopic (exact) mass is 487 g/mol. The minimum atomic E-state index is -0.240. The first-order chi connectivity index (χ1) is 12.5. The molecule has 0 spiro atoms. The number of nitrogens with one attached hydrogen (secondary N) is 2. The van der Waals surface area contributed by atoms with E-state index in [4.69, 9.17) is 5.73 Å². The van der Waals surface area contributed by atoms with Crippen LogP contribution in [0.15, 0.2) is 29.3 Å². The highest BCUT2D eigenvalue weighted by Gasteiger charge is 2.23. The minimum absolute atomic E-state index is 0. The summed E-state index contributed by atoms with van der Waals surface area (Å²) >= 11 is 0. The van der Waals surface area contributed by atoms with E-state index in [1.54, 1.807) is 20.2 Å². The van der Waals surface area contributed by atoms with E-state index >= 15 is 0 Å². The fraction of sp³-hybridized carbons (Fsp3) is 0.526. The molecule has 1 aliphatic rings. The van der Waals surface area contributed by atoms with Gasteiger partial charge in [-0.05, 0) is 42.9 Å². The van der Waals surface area contributed by atoms with E-state index in [1.165, 1.54) is 0 Å². The van der Waals surface area contributed by atoms with Crippen molar-refractivity contribution in [2.45, 2.75) is 25.7 Å². The van der Waals surface area contributed by atoms with E-state index in [0.717, 1.165) is 50.4 Å². The molecule has 1 saturated heterocycles. The largest absolute Gasteiger partial charge is 0.370 e. The molecule has 1 unspecified atom stereocenters. The Kier molecular flexibility index (Phi) is 10.1. The number of carbonyl (C=O) groups excluding carboxylic acids is 2. The van der Waals surface area contributed by atoms with Crippen molar-refractivity contribution in [1.29, 1.82) is 0 Å². The summed E-state index contributed by atoms with van der Waals surface area (Å²) in [6, 6.07) is 7.63. The number of likely N-dealkylation sites (tertiary alicyclic amines) is 1. The number of carbonyl (C=O) groups is 2. The van der Waals surface area contributed by atoms with Crippen LogP contribution in [0.4, 0.5) is 0 Å². The summed E-state index contributed by atoms with van der Waals surface area (Å²) in [6.07, 6.45) is 3.29. The Labute approximate surface area is 178 Å². The van der Waals surface area contributed by atoms with Crippen LogP contribution in [-0.2, 0) is 11.2 Å². The van der Waals surface area contributed by atoms with E-state index in [2.05, 4.69) is 20.5 Å². The fourth-order valence-electron chi connectivity index (χ4n) is 3.37. The standard InChI is InChI=1S/C19H29N5O2.HI/c1-21-18(26)16-7-3-5-14(11-16)8-9-23-19(22-2)24-10-4-6-15(13-24)12-17(20)25;/h3,5,7,11,15H,4,6,8-10,12-13H2,1-2H3,(H2,20,25)(H,21,26)(H,22,23);1H. The van der Waals surface area contributed by atoms with Gasteiger partial charge >= 0.3 is 0 Å². The molecule has 7 nitrogen and oxygen atoms in total. The Hall–Kier alpha value is -1.84. The number of nitrogens with zero attached hydrogens (tertiary/aromatic N) is 2. The molecule has 1 aliphatic heterocycles. The van der Waals surface area contributed by atoms with Crippen LogP contribution in [0.3, 0.4) is 0 Å². The SMILES string of the molecule is CN=C(NCCc1cccc(C(=O)NC)c1)N1CCCC(CC(N)=O)C1.I. The second kappa shape index (κ2) is 11.8. The first kappa shape index (κ1) is 23.2. The van der Waals surface area contributed by atoms with Gasteiger partial charge in [-0.3, -0.25) is 14.6 Å². The van der Waals surface area contributed by atoms with Gasteiger partial charge in [0, 0.05) is 45.7 Å². The van der Waals surface area contributed by atoms with Crippen LogP contribution in [0.25, 0.3) is 0 Å². The summed E-state index contributed by atoms with van der Waals surface area (Å²) in [5.74, 6) is 0.825. The molecule has 0 bridgehead atoms. The molecule has 2 rings (SSSR count). The molecule has 1 heterocycles. The molecule has 4 N–H and O–H groups in total. The first-order valence-corrected chi connectivity index (χ1v) is 9.08. The van der Waals surface area contributed by atoms with Gasteiger partial charge in [0.25, 0.3) is 5.91 Å². The van der Waals surface area contributed by atoms with Crippen molar-refractivity contribution < 1.29 is 9.59 Å². The Morgan fingerprint density at radius 3 is 2.81 bits per heavy atom. The average molecular weight is 487 g/mol. The van der Waals surface area contributed by atoms with Gasteiger partial charge in [0.1, 0.15) is 0 Å². The zero-order valence-electron chi connectivity index (χ0n) is 16.0. The van der Waals surface area contributed by atoms with Crippen LogP contribution in [0.5, 0.6) is 0 Å². The number of guanidine groups is 1. The van der Waals surface area contributed by atoms with Crippen molar-refractivity contribution in [1.82, 2.24) is 15.5 Å². The summed E-state index contributed by atoms with van der Waals surface area (Å²) in [5, 5.41) is 6.02. The minimum Gasteiger partial charge on any atom is -0.370 e. The molecule has 27 heavy (non-hydrogen) atoms. The summed E-state index contributed by atoms with van der Waals surface area (Å²) in [7, 11) is 3.40. The number of halogens is 1. The van der Waals surface area contributed by atoms with Crippen molar-refractivity contribution >= 4 is 41.8 Å². The van der Waals surface area contributed by atoms with Gasteiger partial charge in [-0.2, -0.15) is 0 Å². The van der Waals surface area contributed by atoms with Gasteiger partial charge in [0.2, 0.25) is 5.91 Å². The quantitative estimate of drug-likeness (QED) is 0.321. The predicted molar refractivity (Wildman–Crippen MR) is 118 cm³/mol. The Bertz CT molecular complexity index is 665. The van der Waals surface area contributed by atoms with Crippen LogP contribution in [0.2, 0.25) is 0 Å². The highest BCUT2D eigenvalue weighted by molar-refractivity contribution is 14.0. The van der Waals surface area contributed by atoms with Crippen molar-refractivity contribution in [2.24, 2.45) is 16.6 Å². The molecule has 0 aromatic heterocycles. The average Bonchev–Trinajstić information content (AvgIpc) is 2.64. The van der Waals surface area contributed by atoms with Gasteiger partial charge in [-0.25, -0.2) is 0 Å². The molecule has 150 valence electrons. The van der Waals surface area contributed by atoms with Crippen molar-refractivity contribution in [3.8, 4) is 0 Å². The number of amides is 2.